The van der Waals surface area contributed by atoms with Gasteiger partial charge in [0.15, 0.2) is 11.5 Å². The standard InChI is InChI=1S/C18H19Cl2N3O3/c1-3-25-16-10-12(9-15(20)17(16)26-4-2)11-21-23-18(24)22-14-7-5-13(19)6-8-14/h5-11H,3-4H2,1-2H3,(H2,22,23,24)/b21-11-. The van der Waals surface area contributed by atoms with Crippen LogP contribution in [0.15, 0.2) is 41.5 Å². The van der Waals surface area contributed by atoms with Crippen molar-refractivity contribution >= 4 is 41.1 Å². The van der Waals surface area contributed by atoms with Gasteiger partial charge in [0, 0.05) is 10.7 Å². The van der Waals surface area contributed by atoms with E-state index in [4.69, 9.17) is 32.7 Å². The van der Waals surface area contributed by atoms with Crippen molar-refractivity contribution in [3.63, 3.8) is 0 Å². The first-order chi connectivity index (χ1) is 12.5. The molecule has 0 bridgehead atoms. The number of halogens is 2. The molecule has 0 aliphatic rings. The number of hydrazone groups is 1. The number of amides is 2. The Morgan fingerprint density at radius 1 is 1.12 bits per heavy atom. The molecule has 0 unspecified atom stereocenters. The highest BCUT2D eigenvalue weighted by Crippen LogP contribution is 2.36. The number of rotatable bonds is 7. The first kappa shape index (κ1) is 19.9. The normalized spacial score (nSPS) is 10.6. The predicted octanol–water partition coefficient (Wildman–Crippen LogP) is 4.95. The maximum Gasteiger partial charge on any atom is 0.339 e. The minimum absolute atomic E-state index is 0.407. The lowest BCUT2D eigenvalue weighted by molar-refractivity contribution is 0.252. The molecule has 8 heteroatoms. The van der Waals surface area contributed by atoms with Crippen molar-refractivity contribution in [2.75, 3.05) is 18.5 Å². The molecule has 2 amide bonds. The van der Waals surface area contributed by atoms with Gasteiger partial charge < -0.3 is 14.8 Å². The number of ether oxygens (including phenoxy) is 2. The van der Waals surface area contributed by atoms with Crippen molar-refractivity contribution < 1.29 is 14.3 Å². The second kappa shape index (κ2) is 9.89. The van der Waals surface area contributed by atoms with Crippen LogP contribution in [0.1, 0.15) is 19.4 Å². The summed E-state index contributed by atoms with van der Waals surface area (Å²) < 4.78 is 11.0. The first-order valence-electron chi connectivity index (χ1n) is 7.98. The van der Waals surface area contributed by atoms with Gasteiger partial charge in [-0.15, -0.1) is 0 Å². The lowest BCUT2D eigenvalue weighted by atomic mass is 10.2. The van der Waals surface area contributed by atoms with Gasteiger partial charge in [-0.1, -0.05) is 23.2 Å². The highest BCUT2D eigenvalue weighted by atomic mass is 35.5. The largest absolute Gasteiger partial charge is 0.490 e. The Morgan fingerprint density at radius 3 is 2.46 bits per heavy atom. The quantitative estimate of drug-likeness (QED) is 0.514. The van der Waals surface area contributed by atoms with E-state index < -0.39 is 6.03 Å². The van der Waals surface area contributed by atoms with Crippen LogP contribution in [0, 0.1) is 0 Å². The summed E-state index contributed by atoms with van der Waals surface area (Å²) in [5, 5.41) is 7.53. The number of hydrogen-bond acceptors (Lipinski definition) is 4. The van der Waals surface area contributed by atoms with Crippen LogP contribution in [0.5, 0.6) is 11.5 Å². The number of urea groups is 1. The van der Waals surface area contributed by atoms with E-state index in [9.17, 15) is 4.79 Å². The molecule has 0 atom stereocenters. The van der Waals surface area contributed by atoms with Crippen LogP contribution in [0.4, 0.5) is 10.5 Å². The van der Waals surface area contributed by atoms with E-state index in [2.05, 4.69) is 15.8 Å². The van der Waals surface area contributed by atoms with Crippen LogP contribution in [0.25, 0.3) is 0 Å². The lowest BCUT2D eigenvalue weighted by Crippen LogP contribution is -2.24. The van der Waals surface area contributed by atoms with Gasteiger partial charge in [-0.05, 0) is 55.8 Å². The molecule has 0 aliphatic carbocycles. The van der Waals surface area contributed by atoms with Crippen LogP contribution < -0.4 is 20.2 Å². The van der Waals surface area contributed by atoms with Crippen molar-refractivity contribution in [3.05, 3.63) is 52.0 Å². The summed E-state index contributed by atoms with van der Waals surface area (Å²) in [4.78, 5) is 11.8. The Balaban J connectivity index is 2.02. The summed E-state index contributed by atoms with van der Waals surface area (Å²) in [5.41, 5.74) is 3.64. The molecule has 0 aromatic heterocycles. The van der Waals surface area contributed by atoms with E-state index >= 15 is 0 Å². The number of anilines is 1. The van der Waals surface area contributed by atoms with Crippen LogP contribution in [-0.4, -0.2) is 25.5 Å². The second-order valence-electron chi connectivity index (χ2n) is 5.03. The minimum Gasteiger partial charge on any atom is -0.490 e. The molecule has 0 aliphatic heterocycles. The zero-order chi connectivity index (χ0) is 18.9. The van der Waals surface area contributed by atoms with Gasteiger partial charge in [-0.2, -0.15) is 5.10 Å². The van der Waals surface area contributed by atoms with Gasteiger partial charge in [0.05, 0.1) is 24.5 Å². The summed E-state index contributed by atoms with van der Waals surface area (Å²) in [6.07, 6.45) is 1.46. The third-order valence-electron chi connectivity index (χ3n) is 3.10. The molecule has 26 heavy (non-hydrogen) atoms. The molecule has 0 saturated heterocycles. The van der Waals surface area contributed by atoms with Gasteiger partial charge in [-0.25, -0.2) is 10.2 Å². The molecule has 0 radical (unpaired) electrons. The Labute approximate surface area is 162 Å². The number of hydrogen-bond donors (Lipinski definition) is 2. The van der Waals surface area contributed by atoms with Crippen molar-refractivity contribution in [1.82, 2.24) is 5.43 Å². The number of nitrogens with one attached hydrogen (secondary N) is 2. The molecule has 2 aromatic carbocycles. The average Bonchev–Trinajstić information content (AvgIpc) is 2.60. The molecule has 138 valence electrons. The highest BCUT2D eigenvalue weighted by Gasteiger charge is 2.11. The molecule has 6 nitrogen and oxygen atoms in total. The van der Waals surface area contributed by atoms with Crippen molar-refractivity contribution in [2.45, 2.75) is 13.8 Å². The molecule has 0 saturated carbocycles. The maximum absolute atomic E-state index is 11.8. The summed E-state index contributed by atoms with van der Waals surface area (Å²) in [6.45, 7) is 4.68. The SMILES string of the molecule is CCOc1cc(/C=N\NC(=O)Nc2ccc(Cl)cc2)cc(Cl)c1OCC. The van der Waals surface area contributed by atoms with E-state index in [1.807, 2.05) is 13.8 Å². The van der Waals surface area contributed by atoms with Crippen LogP contribution in [-0.2, 0) is 0 Å². The van der Waals surface area contributed by atoms with Gasteiger partial charge in [0.25, 0.3) is 0 Å². The minimum atomic E-state index is -0.481. The van der Waals surface area contributed by atoms with Gasteiger partial charge in [-0.3, -0.25) is 0 Å². The first-order valence-corrected chi connectivity index (χ1v) is 8.73. The zero-order valence-corrected chi connectivity index (χ0v) is 15.9. The van der Waals surface area contributed by atoms with Gasteiger partial charge >= 0.3 is 6.03 Å². The Hall–Kier alpha value is -2.44. The summed E-state index contributed by atoms with van der Waals surface area (Å²) in [5.74, 6) is 1.01. The summed E-state index contributed by atoms with van der Waals surface area (Å²) in [7, 11) is 0. The third kappa shape index (κ3) is 5.82. The van der Waals surface area contributed by atoms with Crippen LogP contribution in [0.3, 0.4) is 0 Å². The molecule has 2 aromatic rings. The Bertz CT molecular complexity index is 780. The van der Waals surface area contributed by atoms with E-state index in [1.54, 1.807) is 36.4 Å². The Kier molecular flexibility index (Phi) is 7.56. The van der Waals surface area contributed by atoms with E-state index in [1.165, 1.54) is 6.21 Å². The second-order valence-corrected chi connectivity index (χ2v) is 5.87. The predicted molar refractivity (Wildman–Crippen MR) is 105 cm³/mol. The Morgan fingerprint density at radius 2 is 1.81 bits per heavy atom. The van der Waals surface area contributed by atoms with Crippen molar-refractivity contribution in [2.24, 2.45) is 5.10 Å². The number of benzene rings is 2. The molecule has 2 N–H and O–H groups in total. The monoisotopic (exact) mass is 395 g/mol. The fourth-order valence-electron chi connectivity index (χ4n) is 2.07. The smallest absolute Gasteiger partial charge is 0.339 e. The number of carbonyl (C=O) groups is 1. The molecule has 0 heterocycles. The topological polar surface area (TPSA) is 72.0 Å². The van der Waals surface area contributed by atoms with Crippen molar-refractivity contribution in [1.29, 1.82) is 0 Å². The number of carbonyl (C=O) groups excluding carboxylic acids is 1. The van der Waals surface area contributed by atoms with E-state index in [0.717, 1.165) is 0 Å². The lowest BCUT2D eigenvalue weighted by Gasteiger charge is -2.13. The van der Waals surface area contributed by atoms with Gasteiger partial charge in [0.2, 0.25) is 0 Å². The molecule has 0 fully saturated rings. The van der Waals surface area contributed by atoms with Crippen LogP contribution in [0.2, 0.25) is 10.0 Å². The summed E-state index contributed by atoms with van der Waals surface area (Å²) in [6, 6.07) is 9.67. The molecular weight excluding hydrogens is 377 g/mol. The number of nitrogens with zero attached hydrogens (tertiary/aromatic N) is 1. The third-order valence-corrected chi connectivity index (χ3v) is 3.63. The molecule has 0 spiro atoms. The van der Waals surface area contributed by atoms with Crippen LogP contribution >= 0.6 is 23.2 Å². The fraction of sp³-hybridized carbons (Fsp3) is 0.222. The summed E-state index contributed by atoms with van der Waals surface area (Å²) >= 11 is 12.0. The average molecular weight is 396 g/mol. The molecular formula is C18H19Cl2N3O3. The maximum atomic E-state index is 11.8. The highest BCUT2D eigenvalue weighted by molar-refractivity contribution is 6.32. The van der Waals surface area contributed by atoms with Crippen molar-refractivity contribution in [3.8, 4) is 11.5 Å². The fourth-order valence-corrected chi connectivity index (χ4v) is 2.47. The zero-order valence-electron chi connectivity index (χ0n) is 14.4. The van der Waals surface area contributed by atoms with E-state index in [-0.39, 0.29) is 0 Å². The molecule has 2 rings (SSSR count). The van der Waals surface area contributed by atoms with Gasteiger partial charge in [0.1, 0.15) is 0 Å². The van der Waals surface area contributed by atoms with E-state index in [0.29, 0.717) is 46.0 Å².